The first-order chi connectivity index (χ1) is 7.16. The smallest absolute Gasteiger partial charge is 0.191 e. The molecule has 0 fully saturated rings. The Kier molecular flexibility index (Phi) is 3.16. The average molecular weight is 335 g/mol. The fourth-order valence-corrected chi connectivity index (χ4v) is 1.76. The molecule has 1 aromatic carbocycles. The number of aromatic nitrogens is 2. The molecule has 76 valence electrons. The molecule has 0 aliphatic carbocycles. The second-order valence-corrected chi connectivity index (χ2v) is 4.22. The highest BCUT2D eigenvalue weighted by atomic mass is 127. The van der Waals surface area contributed by atoms with Gasteiger partial charge in [-0.25, -0.2) is 14.4 Å². The van der Waals surface area contributed by atoms with Gasteiger partial charge in [0.25, 0.3) is 0 Å². The molecule has 0 saturated heterocycles. The minimum Gasteiger partial charge on any atom is -0.230 e. The van der Waals surface area contributed by atoms with Gasteiger partial charge < -0.3 is 0 Å². The van der Waals surface area contributed by atoms with E-state index in [0.717, 1.165) is 0 Å². The third-order valence-electron chi connectivity index (χ3n) is 1.81. The molecule has 5 heteroatoms. The lowest BCUT2D eigenvalue weighted by molar-refractivity contribution is 0.628. The zero-order valence-corrected chi connectivity index (χ0v) is 10.3. The predicted molar refractivity (Wildman–Crippen MR) is 65.2 cm³/mol. The van der Waals surface area contributed by atoms with Crippen molar-refractivity contribution in [2.24, 2.45) is 0 Å². The lowest BCUT2D eigenvalue weighted by Gasteiger charge is -2.03. The van der Waals surface area contributed by atoms with Crippen molar-refractivity contribution in [2.75, 3.05) is 0 Å². The Labute approximate surface area is 105 Å². The third-order valence-corrected chi connectivity index (χ3v) is 2.61. The Hall–Kier alpha value is -0.750. The largest absolute Gasteiger partial charge is 0.230 e. The van der Waals surface area contributed by atoms with Gasteiger partial charge >= 0.3 is 0 Å². The van der Waals surface area contributed by atoms with Gasteiger partial charge in [-0.3, -0.25) is 0 Å². The number of nitrogens with zero attached hydrogens (tertiary/aromatic N) is 2. The number of halogens is 3. The van der Waals surface area contributed by atoms with E-state index in [-0.39, 0.29) is 5.82 Å². The fourth-order valence-electron chi connectivity index (χ4n) is 1.18. The second kappa shape index (κ2) is 4.40. The molecular weight excluding hydrogens is 329 g/mol. The third kappa shape index (κ3) is 2.43. The van der Waals surface area contributed by atoms with E-state index in [1.807, 2.05) is 22.6 Å². The molecule has 15 heavy (non-hydrogen) atoms. The van der Waals surface area contributed by atoms with Gasteiger partial charge in [0.2, 0.25) is 0 Å². The van der Waals surface area contributed by atoms with E-state index >= 15 is 0 Å². The molecule has 0 aliphatic rings. The molecule has 0 bridgehead atoms. The first-order valence-electron chi connectivity index (χ1n) is 4.11. The molecule has 2 rings (SSSR count). The molecule has 1 heterocycles. The van der Waals surface area contributed by atoms with Crippen molar-refractivity contribution in [3.05, 3.63) is 45.1 Å². The molecule has 2 nitrogen and oxygen atoms in total. The van der Waals surface area contributed by atoms with E-state index in [1.165, 1.54) is 18.3 Å². The molecule has 0 radical (unpaired) electrons. The van der Waals surface area contributed by atoms with Gasteiger partial charge in [0.05, 0.1) is 16.9 Å². The number of benzene rings is 1. The number of hydrogen-bond acceptors (Lipinski definition) is 2. The first kappa shape index (κ1) is 10.8. The molecule has 0 atom stereocenters. The van der Waals surface area contributed by atoms with Crippen LogP contribution in [0.25, 0.3) is 11.3 Å². The van der Waals surface area contributed by atoms with Crippen molar-refractivity contribution >= 4 is 34.2 Å². The molecule has 0 unspecified atom stereocenters. The van der Waals surface area contributed by atoms with E-state index in [2.05, 4.69) is 9.97 Å². The molecule has 0 spiro atoms. The normalized spacial score (nSPS) is 10.3. The van der Waals surface area contributed by atoms with Gasteiger partial charge in [0.15, 0.2) is 3.83 Å². The van der Waals surface area contributed by atoms with Gasteiger partial charge in [-0.15, -0.1) is 0 Å². The molecule has 0 saturated carbocycles. The van der Waals surface area contributed by atoms with Crippen molar-refractivity contribution in [3.63, 3.8) is 0 Å². The number of rotatable bonds is 1. The molecule has 1 aromatic heterocycles. The van der Waals surface area contributed by atoms with Crippen LogP contribution in [0.2, 0.25) is 5.02 Å². The summed E-state index contributed by atoms with van der Waals surface area (Å²) in [5, 5.41) is 0.418. The SMILES string of the molecule is Fc1cccc(-c2nc(I)ncc2Cl)c1. The number of hydrogen-bond donors (Lipinski definition) is 0. The summed E-state index contributed by atoms with van der Waals surface area (Å²) >= 11 is 7.92. The molecule has 0 aliphatic heterocycles. The summed E-state index contributed by atoms with van der Waals surface area (Å²) < 4.78 is 13.6. The van der Waals surface area contributed by atoms with Gasteiger partial charge in [-0.05, 0) is 12.1 Å². The van der Waals surface area contributed by atoms with Crippen molar-refractivity contribution < 1.29 is 4.39 Å². The maximum atomic E-state index is 13.0. The van der Waals surface area contributed by atoms with Crippen molar-refractivity contribution in [2.45, 2.75) is 0 Å². The van der Waals surface area contributed by atoms with Crippen LogP contribution < -0.4 is 0 Å². The monoisotopic (exact) mass is 334 g/mol. The maximum Gasteiger partial charge on any atom is 0.191 e. The van der Waals surface area contributed by atoms with Crippen LogP contribution in [0, 0.1) is 9.65 Å². The van der Waals surface area contributed by atoms with Crippen molar-refractivity contribution in [1.82, 2.24) is 9.97 Å². The summed E-state index contributed by atoms with van der Waals surface area (Å²) in [6.07, 6.45) is 1.51. The van der Waals surface area contributed by atoms with Crippen LogP contribution in [0.4, 0.5) is 4.39 Å². The van der Waals surface area contributed by atoms with E-state index in [9.17, 15) is 4.39 Å². The lowest BCUT2D eigenvalue weighted by Crippen LogP contribution is -1.92. The zero-order valence-electron chi connectivity index (χ0n) is 7.42. The molecule has 0 amide bonds. The second-order valence-electron chi connectivity index (χ2n) is 2.85. The van der Waals surface area contributed by atoms with Gasteiger partial charge in [0, 0.05) is 28.2 Å². The Balaban J connectivity index is 2.58. The van der Waals surface area contributed by atoms with E-state index in [1.54, 1.807) is 12.1 Å². The Morgan fingerprint density at radius 1 is 1.33 bits per heavy atom. The Morgan fingerprint density at radius 2 is 2.13 bits per heavy atom. The van der Waals surface area contributed by atoms with E-state index < -0.39 is 0 Å². The fraction of sp³-hybridized carbons (Fsp3) is 0. The van der Waals surface area contributed by atoms with Gasteiger partial charge in [-0.2, -0.15) is 0 Å². The van der Waals surface area contributed by atoms with Gasteiger partial charge in [-0.1, -0.05) is 23.7 Å². The summed E-state index contributed by atoms with van der Waals surface area (Å²) in [4.78, 5) is 8.10. The highest BCUT2D eigenvalue weighted by Gasteiger charge is 2.07. The highest BCUT2D eigenvalue weighted by molar-refractivity contribution is 14.1. The lowest BCUT2D eigenvalue weighted by atomic mass is 10.1. The highest BCUT2D eigenvalue weighted by Crippen LogP contribution is 2.25. The summed E-state index contributed by atoms with van der Waals surface area (Å²) in [7, 11) is 0. The molecular formula is C10H5ClFIN2. The average Bonchev–Trinajstić information content (AvgIpc) is 2.22. The predicted octanol–water partition coefficient (Wildman–Crippen LogP) is 3.54. The Bertz CT molecular complexity index is 505. The summed E-state index contributed by atoms with van der Waals surface area (Å²) in [6, 6.07) is 6.15. The van der Waals surface area contributed by atoms with Crippen LogP contribution in [0.3, 0.4) is 0 Å². The molecule has 0 N–H and O–H groups in total. The van der Waals surface area contributed by atoms with E-state index in [0.29, 0.717) is 20.1 Å². The summed E-state index contributed by atoms with van der Waals surface area (Å²) in [5.74, 6) is -0.308. The standard InChI is InChI=1S/C10H5ClFIN2/c11-8-5-14-10(13)15-9(8)6-2-1-3-7(12)4-6/h1-5H. The summed E-state index contributed by atoms with van der Waals surface area (Å²) in [6.45, 7) is 0. The van der Waals surface area contributed by atoms with E-state index in [4.69, 9.17) is 11.6 Å². The quantitative estimate of drug-likeness (QED) is 0.589. The van der Waals surface area contributed by atoms with Crippen LogP contribution >= 0.6 is 34.2 Å². The van der Waals surface area contributed by atoms with Crippen LogP contribution in [-0.2, 0) is 0 Å². The molecule has 2 aromatic rings. The van der Waals surface area contributed by atoms with Gasteiger partial charge in [0.1, 0.15) is 5.82 Å². The van der Waals surface area contributed by atoms with Crippen molar-refractivity contribution in [1.29, 1.82) is 0 Å². The van der Waals surface area contributed by atoms with Crippen LogP contribution in [0.5, 0.6) is 0 Å². The minimum atomic E-state index is -0.308. The first-order valence-corrected chi connectivity index (χ1v) is 5.56. The van der Waals surface area contributed by atoms with Crippen LogP contribution in [0.1, 0.15) is 0 Å². The Morgan fingerprint density at radius 3 is 2.87 bits per heavy atom. The van der Waals surface area contributed by atoms with Crippen LogP contribution in [-0.4, -0.2) is 9.97 Å². The van der Waals surface area contributed by atoms with Crippen LogP contribution in [0.15, 0.2) is 30.5 Å². The topological polar surface area (TPSA) is 25.8 Å². The zero-order chi connectivity index (χ0) is 10.8. The summed E-state index contributed by atoms with van der Waals surface area (Å²) in [5.41, 5.74) is 1.20. The van der Waals surface area contributed by atoms with Crippen molar-refractivity contribution in [3.8, 4) is 11.3 Å². The maximum absolute atomic E-state index is 13.0. The minimum absolute atomic E-state index is 0.308.